The normalized spacial score (nSPS) is 11.5. The van der Waals surface area contributed by atoms with Gasteiger partial charge >= 0.3 is 0 Å². The van der Waals surface area contributed by atoms with Crippen LogP contribution in [0.3, 0.4) is 0 Å². The van der Waals surface area contributed by atoms with Crippen LogP contribution in [0.5, 0.6) is 0 Å². The number of hydrogen-bond acceptors (Lipinski definition) is 4. The van der Waals surface area contributed by atoms with E-state index in [1.807, 2.05) is 18.2 Å². The van der Waals surface area contributed by atoms with Crippen molar-refractivity contribution in [3.8, 4) is 56.4 Å². The molecular formula is C47H29N3O. The molecule has 0 saturated heterocycles. The van der Waals surface area contributed by atoms with Crippen molar-refractivity contribution < 1.29 is 4.42 Å². The van der Waals surface area contributed by atoms with Gasteiger partial charge in [0, 0.05) is 27.5 Å². The summed E-state index contributed by atoms with van der Waals surface area (Å²) in [4.78, 5) is 15.2. The summed E-state index contributed by atoms with van der Waals surface area (Å²) in [5.74, 6) is 1.82. The number of aromatic nitrogens is 3. The summed E-state index contributed by atoms with van der Waals surface area (Å²) in [5, 5.41) is 6.91. The van der Waals surface area contributed by atoms with Gasteiger partial charge in [0.25, 0.3) is 0 Å². The first kappa shape index (κ1) is 29.0. The van der Waals surface area contributed by atoms with Gasteiger partial charge in [0.2, 0.25) is 0 Å². The fourth-order valence-electron chi connectivity index (χ4n) is 7.19. The van der Waals surface area contributed by atoms with E-state index in [-0.39, 0.29) is 0 Å². The average molecular weight is 652 g/mol. The maximum absolute atomic E-state index is 6.47. The Morgan fingerprint density at radius 2 is 0.882 bits per heavy atom. The van der Waals surface area contributed by atoms with E-state index in [0.717, 1.165) is 60.7 Å². The Balaban J connectivity index is 1.11. The van der Waals surface area contributed by atoms with Crippen LogP contribution in [-0.2, 0) is 0 Å². The van der Waals surface area contributed by atoms with Crippen molar-refractivity contribution in [2.75, 3.05) is 0 Å². The lowest BCUT2D eigenvalue weighted by atomic mass is 9.97. The van der Waals surface area contributed by atoms with Crippen LogP contribution >= 0.6 is 0 Å². The van der Waals surface area contributed by atoms with E-state index >= 15 is 0 Å². The van der Waals surface area contributed by atoms with E-state index in [2.05, 4.69) is 158 Å². The third-order valence-corrected chi connectivity index (χ3v) is 9.73. The minimum Gasteiger partial charge on any atom is -0.456 e. The van der Waals surface area contributed by atoms with Crippen molar-refractivity contribution in [2.45, 2.75) is 0 Å². The summed E-state index contributed by atoms with van der Waals surface area (Å²) in [7, 11) is 0. The Kier molecular flexibility index (Phi) is 6.78. The summed E-state index contributed by atoms with van der Waals surface area (Å²) in [5.41, 5.74) is 9.00. The zero-order valence-electron chi connectivity index (χ0n) is 27.5. The summed E-state index contributed by atoms with van der Waals surface area (Å²) in [6.45, 7) is 0. The lowest BCUT2D eigenvalue weighted by Gasteiger charge is -2.10. The van der Waals surface area contributed by atoms with E-state index in [4.69, 9.17) is 19.4 Å². The number of benzene rings is 8. The summed E-state index contributed by atoms with van der Waals surface area (Å²) < 4.78 is 6.47. The maximum atomic E-state index is 6.47. The molecule has 10 rings (SSSR count). The van der Waals surface area contributed by atoms with E-state index in [1.54, 1.807) is 0 Å². The minimum absolute atomic E-state index is 0.590. The van der Waals surface area contributed by atoms with E-state index in [9.17, 15) is 0 Å². The molecule has 0 aliphatic heterocycles. The standard InChI is InChI=1S/C47H29N3O/c1-2-11-32(12-3-1)40-18-9-19-42-44(40)41-27-26-37(29-43(41)51-42)47-49-45(48-46(50-47)36-25-20-30-10-4-5-14-35(30)28-36)34-23-21-33(22-24-34)39-17-8-15-31-13-6-7-16-38(31)39/h1-29H. The third kappa shape index (κ3) is 5.13. The Morgan fingerprint density at radius 1 is 0.314 bits per heavy atom. The number of fused-ring (bicyclic) bond motifs is 5. The molecule has 0 spiro atoms. The van der Waals surface area contributed by atoms with Crippen molar-refractivity contribution in [3.63, 3.8) is 0 Å². The van der Waals surface area contributed by atoms with Gasteiger partial charge in [-0.2, -0.15) is 0 Å². The van der Waals surface area contributed by atoms with Crippen LogP contribution in [0.2, 0.25) is 0 Å². The molecule has 8 aromatic carbocycles. The van der Waals surface area contributed by atoms with Crippen LogP contribution in [0.4, 0.5) is 0 Å². The monoisotopic (exact) mass is 651 g/mol. The smallest absolute Gasteiger partial charge is 0.164 e. The van der Waals surface area contributed by atoms with E-state index in [0.29, 0.717) is 17.5 Å². The first-order chi connectivity index (χ1) is 25.2. The molecule has 238 valence electrons. The highest BCUT2D eigenvalue weighted by atomic mass is 16.3. The number of nitrogens with zero attached hydrogens (tertiary/aromatic N) is 3. The second-order valence-electron chi connectivity index (χ2n) is 12.8. The van der Waals surface area contributed by atoms with Crippen LogP contribution in [-0.4, -0.2) is 15.0 Å². The Hall–Kier alpha value is -6.91. The van der Waals surface area contributed by atoms with Crippen LogP contribution in [0.15, 0.2) is 180 Å². The average Bonchev–Trinajstić information content (AvgIpc) is 3.59. The van der Waals surface area contributed by atoms with Gasteiger partial charge in [0.05, 0.1) is 0 Å². The van der Waals surface area contributed by atoms with Crippen LogP contribution in [0.1, 0.15) is 0 Å². The Morgan fingerprint density at radius 3 is 1.71 bits per heavy atom. The molecule has 0 aliphatic carbocycles. The summed E-state index contributed by atoms with van der Waals surface area (Å²) in [6, 6.07) is 61.1. The second kappa shape index (κ2) is 11.9. The third-order valence-electron chi connectivity index (χ3n) is 9.73. The van der Waals surface area contributed by atoms with Gasteiger partial charge < -0.3 is 4.42 Å². The van der Waals surface area contributed by atoms with Crippen molar-refractivity contribution in [1.82, 2.24) is 15.0 Å². The molecule has 2 aromatic heterocycles. The Bertz CT molecular complexity index is 2900. The van der Waals surface area contributed by atoms with Gasteiger partial charge in [0.1, 0.15) is 11.2 Å². The molecule has 0 N–H and O–H groups in total. The molecule has 2 heterocycles. The molecule has 0 amide bonds. The molecule has 0 fully saturated rings. The topological polar surface area (TPSA) is 51.8 Å². The number of rotatable bonds is 5. The molecule has 0 atom stereocenters. The Labute approximate surface area is 294 Å². The molecule has 10 aromatic rings. The fraction of sp³-hybridized carbons (Fsp3) is 0. The van der Waals surface area contributed by atoms with Gasteiger partial charge in [-0.3, -0.25) is 0 Å². The molecule has 0 saturated carbocycles. The van der Waals surface area contributed by atoms with Gasteiger partial charge in [-0.15, -0.1) is 0 Å². The van der Waals surface area contributed by atoms with Gasteiger partial charge in [-0.1, -0.05) is 152 Å². The predicted octanol–water partition coefficient (Wildman–Crippen LogP) is 12.4. The molecule has 0 aliphatic rings. The van der Waals surface area contributed by atoms with Crippen LogP contribution in [0.25, 0.3) is 99.9 Å². The van der Waals surface area contributed by atoms with Crippen LogP contribution in [0, 0.1) is 0 Å². The zero-order valence-corrected chi connectivity index (χ0v) is 27.5. The van der Waals surface area contributed by atoms with Crippen molar-refractivity contribution in [2.24, 2.45) is 0 Å². The van der Waals surface area contributed by atoms with Crippen molar-refractivity contribution in [1.29, 1.82) is 0 Å². The van der Waals surface area contributed by atoms with Crippen molar-refractivity contribution in [3.05, 3.63) is 176 Å². The molecule has 4 heteroatoms. The first-order valence-corrected chi connectivity index (χ1v) is 17.1. The maximum Gasteiger partial charge on any atom is 0.164 e. The second-order valence-corrected chi connectivity index (χ2v) is 12.8. The fourth-order valence-corrected chi connectivity index (χ4v) is 7.19. The van der Waals surface area contributed by atoms with Gasteiger partial charge in [0.15, 0.2) is 17.5 Å². The highest BCUT2D eigenvalue weighted by Crippen LogP contribution is 2.38. The highest BCUT2D eigenvalue weighted by Gasteiger charge is 2.17. The lowest BCUT2D eigenvalue weighted by Crippen LogP contribution is -2.00. The first-order valence-electron chi connectivity index (χ1n) is 17.1. The quantitative estimate of drug-likeness (QED) is 0.186. The van der Waals surface area contributed by atoms with E-state index < -0.39 is 0 Å². The lowest BCUT2D eigenvalue weighted by molar-refractivity contribution is 0.669. The molecule has 4 nitrogen and oxygen atoms in total. The summed E-state index contributed by atoms with van der Waals surface area (Å²) >= 11 is 0. The molecule has 0 unspecified atom stereocenters. The molecular weight excluding hydrogens is 623 g/mol. The SMILES string of the molecule is c1ccc(-c2cccc3oc4cc(-c5nc(-c6ccc(-c7cccc8ccccc78)cc6)nc(-c6ccc7ccccc7c6)n5)ccc4c23)cc1. The zero-order chi connectivity index (χ0) is 33.7. The minimum atomic E-state index is 0.590. The van der Waals surface area contributed by atoms with E-state index in [1.165, 1.54) is 21.7 Å². The van der Waals surface area contributed by atoms with Gasteiger partial charge in [-0.25, -0.2) is 15.0 Å². The molecule has 51 heavy (non-hydrogen) atoms. The summed E-state index contributed by atoms with van der Waals surface area (Å²) in [6.07, 6.45) is 0. The van der Waals surface area contributed by atoms with Crippen molar-refractivity contribution >= 4 is 43.5 Å². The largest absolute Gasteiger partial charge is 0.456 e. The highest BCUT2D eigenvalue weighted by molar-refractivity contribution is 6.13. The molecule has 0 radical (unpaired) electrons. The van der Waals surface area contributed by atoms with Crippen LogP contribution < -0.4 is 0 Å². The number of hydrogen-bond donors (Lipinski definition) is 0. The molecule has 0 bridgehead atoms. The van der Waals surface area contributed by atoms with Gasteiger partial charge in [-0.05, 0) is 68.1 Å². The number of furan rings is 1. The predicted molar refractivity (Wildman–Crippen MR) is 209 cm³/mol.